The van der Waals surface area contributed by atoms with Crippen molar-refractivity contribution in [3.05, 3.63) is 72.3 Å². The zero-order chi connectivity index (χ0) is 16.1. The van der Waals surface area contributed by atoms with Crippen LogP contribution in [0.1, 0.15) is 10.4 Å². The Labute approximate surface area is 134 Å². The molecule has 0 atom stereocenters. The van der Waals surface area contributed by atoms with Gasteiger partial charge in [-0.1, -0.05) is 42.5 Å². The van der Waals surface area contributed by atoms with E-state index in [9.17, 15) is 4.79 Å². The molecule has 3 aromatic rings. The summed E-state index contributed by atoms with van der Waals surface area (Å²) in [4.78, 5) is 10.9. The molecule has 4 heteroatoms. The maximum absolute atomic E-state index is 10.9. The molecule has 0 radical (unpaired) electrons. The van der Waals surface area contributed by atoms with Gasteiger partial charge in [0.1, 0.15) is 12.4 Å². The lowest BCUT2D eigenvalue weighted by atomic mass is 10.1. The summed E-state index contributed by atoms with van der Waals surface area (Å²) in [6.07, 6.45) is 0. The topological polar surface area (TPSA) is 58.6 Å². The fourth-order valence-electron chi connectivity index (χ4n) is 2.44. The average Bonchev–Trinajstić information content (AvgIpc) is 2.59. The van der Waals surface area contributed by atoms with Gasteiger partial charge in [-0.15, -0.1) is 0 Å². The molecule has 0 aliphatic carbocycles. The lowest BCUT2D eigenvalue weighted by Gasteiger charge is -2.11. The third kappa shape index (κ3) is 3.61. The number of anilines is 1. The lowest BCUT2D eigenvalue weighted by molar-refractivity contribution is 0.0697. The summed E-state index contributed by atoms with van der Waals surface area (Å²) in [6.45, 7) is 1.08. The summed E-state index contributed by atoms with van der Waals surface area (Å²) in [6, 6.07) is 20.8. The first-order valence-electron chi connectivity index (χ1n) is 7.42. The number of benzene rings is 3. The Morgan fingerprint density at radius 1 is 1.00 bits per heavy atom. The van der Waals surface area contributed by atoms with Gasteiger partial charge in [-0.25, -0.2) is 4.79 Å². The van der Waals surface area contributed by atoms with Gasteiger partial charge in [-0.05, 0) is 29.7 Å². The molecule has 0 unspecified atom stereocenters. The molecule has 0 aromatic heterocycles. The van der Waals surface area contributed by atoms with Crippen LogP contribution in [0.2, 0.25) is 0 Å². The van der Waals surface area contributed by atoms with Crippen molar-refractivity contribution in [3.8, 4) is 5.75 Å². The normalized spacial score (nSPS) is 10.4. The second-order valence-corrected chi connectivity index (χ2v) is 5.14. The lowest BCUT2D eigenvalue weighted by Crippen LogP contribution is -2.12. The molecule has 0 fully saturated rings. The zero-order valence-corrected chi connectivity index (χ0v) is 12.5. The van der Waals surface area contributed by atoms with Crippen molar-refractivity contribution in [1.29, 1.82) is 0 Å². The van der Waals surface area contributed by atoms with Crippen LogP contribution in [0, 0.1) is 0 Å². The quantitative estimate of drug-likeness (QED) is 0.675. The molecule has 2 N–H and O–H groups in total. The van der Waals surface area contributed by atoms with Crippen molar-refractivity contribution in [3.63, 3.8) is 0 Å². The number of carbonyl (C=O) groups is 1. The summed E-state index contributed by atoms with van der Waals surface area (Å²) >= 11 is 0. The van der Waals surface area contributed by atoms with E-state index in [4.69, 9.17) is 9.84 Å². The molecule has 0 heterocycles. The second kappa shape index (κ2) is 6.83. The number of aromatic carboxylic acids is 1. The summed E-state index contributed by atoms with van der Waals surface area (Å²) < 4.78 is 5.84. The molecule has 0 saturated carbocycles. The summed E-state index contributed by atoms with van der Waals surface area (Å²) in [5.74, 6) is -0.0788. The van der Waals surface area contributed by atoms with E-state index >= 15 is 0 Å². The molecule has 4 nitrogen and oxygen atoms in total. The van der Waals surface area contributed by atoms with Gasteiger partial charge < -0.3 is 15.2 Å². The molecule has 3 aromatic carbocycles. The zero-order valence-electron chi connectivity index (χ0n) is 12.5. The number of rotatable bonds is 6. The van der Waals surface area contributed by atoms with Gasteiger partial charge in [-0.2, -0.15) is 0 Å². The molecule has 0 saturated heterocycles. The largest absolute Gasteiger partial charge is 0.491 e. The Balaban J connectivity index is 1.59. The number of hydrogen-bond donors (Lipinski definition) is 2. The SMILES string of the molecule is O=C(O)c1cccc(NCCOc2cccc3ccccc23)c1. The van der Waals surface area contributed by atoms with E-state index in [1.54, 1.807) is 18.2 Å². The van der Waals surface area contributed by atoms with E-state index in [1.165, 1.54) is 0 Å². The highest BCUT2D eigenvalue weighted by atomic mass is 16.5. The Morgan fingerprint density at radius 2 is 1.78 bits per heavy atom. The van der Waals surface area contributed by atoms with Crippen LogP contribution in [0.4, 0.5) is 5.69 Å². The van der Waals surface area contributed by atoms with Crippen LogP contribution >= 0.6 is 0 Å². The van der Waals surface area contributed by atoms with Crippen molar-refractivity contribution in [2.24, 2.45) is 0 Å². The van der Waals surface area contributed by atoms with Gasteiger partial charge in [0.25, 0.3) is 0 Å². The molecule has 0 amide bonds. The van der Waals surface area contributed by atoms with E-state index < -0.39 is 5.97 Å². The van der Waals surface area contributed by atoms with Crippen LogP contribution in [0.15, 0.2) is 66.7 Å². The van der Waals surface area contributed by atoms with Gasteiger partial charge in [0.05, 0.1) is 5.56 Å². The Kier molecular flexibility index (Phi) is 4.43. The van der Waals surface area contributed by atoms with Crippen molar-refractivity contribution in [2.75, 3.05) is 18.5 Å². The average molecular weight is 307 g/mol. The second-order valence-electron chi connectivity index (χ2n) is 5.14. The van der Waals surface area contributed by atoms with Crippen LogP contribution in [-0.4, -0.2) is 24.2 Å². The molecule has 0 spiro atoms. The smallest absolute Gasteiger partial charge is 0.335 e. The first-order chi connectivity index (χ1) is 11.2. The first kappa shape index (κ1) is 14.9. The van der Waals surface area contributed by atoms with Crippen LogP contribution < -0.4 is 10.1 Å². The monoisotopic (exact) mass is 307 g/mol. The maximum Gasteiger partial charge on any atom is 0.335 e. The Morgan fingerprint density at radius 3 is 2.65 bits per heavy atom. The number of hydrogen-bond acceptors (Lipinski definition) is 3. The number of nitrogens with one attached hydrogen (secondary N) is 1. The predicted molar refractivity (Wildman–Crippen MR) is 91.3 cm³/mol. The van der Waals surface area contributed by atoms with Crippen LogP contribution in [-0.2, 0) is 0 Å². The minimum atomic E-state index is -0.930. The highest BCUT2D eigenvalue weighted by Gasteiger charge is 2.03. The van der Waals surface area contributed by atoms with Crippen LogP contribution in [0.25, 0.3) is 10.8 Å². The highest BCUT2D eigenvalue weighted by Crippen LogP contribution is 2.24. The van der Waals surface area contributed by atoms with E-state index in [1.807, 2.05) is 36.4 Å². The maximum atomic E-state index is 10.9. The predicted octanol–water partition coefficient (Wildman–Crippen LogP) is 4.03. The minimum Gasteiger partial charge on any atom is -0.491 e. The van der Waals surface area contributed by atoms with Crippen molar-refractivity contribution in [2.45, 2.75) is 0 Å². The first-order valence-corrected chi connectivity index (χ1v) is 7.42. The number of fused-ring (bicyclic) bond motifs is 1. The van der Waals surface area contributed by atoms with Gasteiger partial charge in [-0.3, -0.25) is 0 Å². The van der Waals surface area contributed by atoms with Gasteiger partial charge >= 0.3 is 5.97 Å². The summed E-state index contributed by atoms with van der Waals surface area (Å²) in [5, 5.41) is 14.4. The third-order valence-electron chi connectivity index (χ3n) is 3.55. The Bertz CT molecular complexity index is 824. The molecular weight excluding hydrogens is 290 g/mol. The standard InChI is InChI=1S/C19H17NO3/c21-19(22)15-7-3-8-16(13-15)20-11-12-23-18-10-4-6-14-5-1-2-9-17(14)18/h1-10,13,20H,11-12H2,(H,21,22). The van der Waals surface area contributed by atoms with Crippen molar-refractivity contribution >= 4 is 22.4 Å². The number of carboxylic acids is 1. The molecule has 3 rings (SSSR count). The molecule has 23 heavy (non-hydrogen) atoms. The van der Waals surface area contributed by atoms with E-state index in [0.29, 0.717) is 13.2 Å². The molecule has 0 aliphatic heterocycles. The summed E-state index contributed by atoms with van der Waals surface area (Å²) in [5.41, 5.74) is 1.04. The van der Waals surface area contributed by atoms with Crippen molar-refractivity contribution in [1.82, 2.24) is 0 Å². The van der Waals surface area contributed by atoms with Crippen LogP contribution in [0.5, 0.6) is 5.75 Å². The fraction of sp³-hybridized carbons (Fsp3) is 0.105. The van der Waals surface area contributed by atoms with Gasteiger partial charge in [0.2, 0.25) is 0 Å². The molecule has 116 valence electrons. The molecular formula is C19H17NO3. The van der Waals surface area contributed by atoms with E-state index in [2.05, 4.69) is 17.4 Å². The minimum absolute atomic E-state index is 0.268. The van der Waals surface area contributed by atoms with Gasteiger partial charge in [0.15, 0.2) is 0 Å². The third-order valence-corrected chi connectivity index (χ3v) is 3.55. The fourth-order valence-corrected chi connectivity index (χ4v) is 2.44. The summed E-state index contributed by atoms with van der Waals surface area (Å²) in [7, 11) is 0. The Hall–Kier alpha value is -3.01. The number of carboxylic acid groups (broad SMARTS) is 1. The molecule has 0 bridgehead atoms. The van der Waals surface area contributed by atoms with Crippen LogP contribution in [0.3, 0.4) is 0 Å². The number of ether oxygens (including phenoxy) is 1. The van der Waals surface area contributed by atoms with E-state index in [-0.39, 0.29) is 5.56 Å². The van der Waals surface area contributed by atoms with E-state index in [0.717, 1.165) is 22.2 Å². The van der Waals surface area contributed by atoms with Crippen molar-refractivity contribution < 1.29 is 14.6 Å². The van der Waals surface area contributed by atoms with Gasteiger partial charge in [0, 0.05) is 17.6 Å². The molecule has 0 aliphatic rings. The highest BCUT2D eigenvalue weighted by molar-refractivity contribution is 5.89.